The quantitative estimate of drug-likeness (QED) is 0.0221. The zero-order chi connectivity index (χ0) is 104. The zero-order valence-corrected chi connectivity index (χ0v) is 91.7. The molecule has 0 radical (unpaired) electrons. The number of esters is 5. The number of phosphoric acid groups is 2. The summed E-state index contributed by atoms with van der Waals surface area (Å²) >= 11 is 0. The Hall–Kier alpha value is -7.53. The summed E-state index contributed by atoms with van der Waals surface area (Å²) in [4.78, 5) is 95.5. The van der Waals surface area contributed by atoms with Gasteiger partial charge in [0, 0.05) is 41.5 Å². The summed E-state index contributed by atoms with van der Waals surface area (Å²) < 4.78 is 102. The number of hydrogen-bond acceptors (Lipinski definition) is 19. The molecule has 25 heteroatoms. The smallest absolute Gasteiger partial charge is 0.463 e. The topological polar surface area (TPSA) is 291 Å². The van der Waals surface area contributed by atoms with Gasteiger partial charge >= 0.3 is 45.5 Å². The standard InChI is InChI=1S/C114H182FNO21P2/c1-81(2)43-26-44-82(3)45-27-46-83(4)47-28-48-84(5)49-29-50-85(6)51-30-52-86(7)53-31-54-87(8)55-32-56-88(9)57-33-58-89(10)59-34-60-90(11)61-35-62-91(12)63-36-64-92(13)65-37-66-93(14)67-38-68-94(15)69-39-70-95(16)71-40-72-96(17)73-41-74-97(18)75-42-76-98(19)77-78-129-138(123,124)137-139(125,126)136-113-107(115)111(131-103(24)121)109(105(133-113)79-127-100(21)118)135-114-108(116-99(20)117)112(132-104(25)122)110(130-102(23)120)106(134-114)80-128-101(22)119/h43,45,47,49,51,53,55,57,59,61,63,65,67,69,71,73,75,98,105-114H,26-42,44,46,48,50,52,54,56,58,60,62,64,66,68,70,72,74,76-80H2,1-25H3,(H,116,117)(H,123,124)(H,125,126)/b82-45+,83-47+,84-49-,85-51-,86-53-,87-55-,88-57-,89-59-,90-61-,91-63-,92-65-,93-67-,94-69-,95-71-,96-73-,97-75-/t98-,105+,106+,107+,108+,109+,110+,111+,112+,113+,114-/m0/s1. The fourth-order valence-electron chi connectivity index (χ4n) is 16.2. The third kappa shape index (κ3) is 64.7. The number of rotatable bonds is 69. The van der Waals surface area contributed by atoms with E-state index in [0.29, 0.717) is 6.42 Å². The fourth-order valence-corrected chi connectivity index (χ4v) is 18.3. The van der Waals surface area contributed by atoms with Crippen molar-refractivity contribution in [2.24, 2.45) is 5.92 Å². The Morgan fingerprint density at radius 1 is 0.317 bits per heavy atom. The van der Waals surface area contributed by atoms with Gasteiger partial charge in [0.25, 0.3) is 0 Å². The molecular formula is C114H182FNO21P2. The van der Waals surface area contributed by atoms with Gasteiger partial charge in [-0.05, 0) is 355 Å². The van der Waals surface area contributed by atoms with Gasteiger partial charge in [-0.3, -0.25) is 37.8 Å². The van der Waals surface area contributed by atoms with Gasteiger partial charge in [0.2, 0.25) is 12.2 Å². The monoisotopic (exact) mass is 1980 g/mol. The van der Waals surface area contributed by atoms with Crippen molar-refractivity contribution in [2.45, 2.75) is 459 Å². The van der Waals surface area contributed by atoms with Gasteiger partial charge in [0.15, 0.2) is 30.8 Å². The average molecular weight is 1980 g/mol. The van der Waals surface area contributed by atoms with E-state index in [1.54, 1.807) is 0 Å². The lowest BCUT2D eigenvalue weighted by molar-refractivity contribution is -0.334. The zero-order valence-electron chi connectivity index (χ0n) is 90.0. The van der Waals surface area contributed by atoms with E-state index in [9.17, 15) is 47.7 Å². The SMILES string of the molecule is CC(=O)N[C@H]1[C@H](O[C@H]2[C@H](OC(C)=O)[C@@H](F)[C@@H](OP(=O)(O)OP(=O)(O)OCC[C@@H](C)CC/C=C(/C)CC/C=C(/C)CC/C=C(/C)CC/C=C(/C)CC/C=C(/C)CC/C=C(/C)CC/C=C(/C)CC/C=C(/C)CC/C=C(/C)CC/C=C(/C)CC/C=C(/C)CC/C=C(/C)CC/C=C(/C)CC/C=C(/C)CC/C=C(\C)CC/C=C(\C)CCC=C(C)C)O[C@@H]2COC(C)=O)O[C@H](COC(C)=O)[C@@H](OC(C)=O)[C@@H]1OC(C)=O. The van der Waals surface area contributed by atoms with E-state index in [-0.39, 0.29) is 12.3 Å². The minimum absolute atomic E-state index is 0.0341. The summed E-state index contributed by atoms with van der Waals surface area (Å²) in [5, 5.41) is 2.46. The Balaban J connectivity index is 1.68. The van der Waals surface area contributed by atoms with E-state index < -0.39 is 133 Å². The van der Waals surface area contributed by atoms with Crippen molar-refractivity contribution in [3.8, 4) is 0 Å². The van der Waals surface area contributed by atoms with Crippen LogP contribution in [0.3, 0.4) is 0 Å². The largest absolute Gasteiger partial charge is 0.483 e. The highest BCUT2D eigenvalue weighted by molar-refractivity contribution is 7.61. The minimum Gasteiger partial charge on any atom is -0.463 e. The first-order chi connectivity index (χ1) is 65.6. The maximum absolute atomic E-state index is 16.8. The number of hydrogen-bond donors (Lipinski definition) is 3. The molecule has 2 heterocycles. The van der Waals surface area contributed by atoms with Crippen molar-refractivity contribution < 1.29 is 103 Å². The molecule has 3 N–H and O–H groups in total. The predicted molar refractivity (Wildman–Crippen MR) is 563 cm³/mol. The summed E-state index contributed by atoms with van der Waals surface area (Å²) in [7, 11) is -11.3. The molecule has 139 heavy (non-hydrogen) atoms. The Morgan fingerprint density at radius 2 is 0.561 bits per heavy atom. The molecule has 0 spiro atoms. The molecule has 786 valence electrons. The van der Waals surface area contributed by atoms with Gasteiger partial charge in [-0.25, -0.2) is 13.5 Å². The molecular weight excluding hydrogens is 1800 g/mol. The van der Waals surface area contributed by atoms with Crippen molar-refractivity contribution in [2.75, 3.05) is 19.8 Å². The molecule has 0 bridgehead atoms. The predicted octanol–water partition coefficient (Wildman–Crippen LogP) is 30.2. The molecule has 22 nitrogen and oxygen atoms in total. The highest BCUT2D eigenvalue weighted by Gasteiger charge is 2.58. The summed E-state index contributed by atoms with van der Waals surface area (Å²) in [5.41, 5.74) is 24.8. The molecule has 1 amide bonds. The first-order valence-electron chi connectivity index (χ1n) is 51.1. The number of halogens is 1. The summed E-state index contributed by atoms with van der Waals surface area (Å²) in [6.07, 6.45) is 59.6. The number of allylic oxidation sites excluding steroid dienone is 34. The van der Waals surface area contributed by atoms with Crippen LogP contribution in [-0.4, -0.2) is 127 Å². The van der Waals surface area contributed by atoms with E-state index in [0.717, 1.165) is 241 Å². The second kappa shape index (κ2) is 72.7. The Kier molecular flexibility index (Phi) is 66.7. The molecule has 2 aliphatic rings. The second-order valence-electron chi connectivity index (χ2n) is 39.3. The van der Waals surface area contributed by atoms with Crippen molar-refractivity contribution in [1.29, 1.82) is 0 Å². The molecule has 0 aromatic carbocycles. The van der Waals surface area contributed by atoms with Crippen LogP contribution in [-0.2, 0) is 89.2 Å². The number of nitrogens with one attached hydrogen (secondary N) is 1. The van der Waals surface area contributed by atoms with Gasteiger partial charge in [-0.15, -0.1) is 0 Å². The Morgan fingerprint density at radius 3 is 0.820 bits per heavy atom. The first kappa shape index (κ1) is 128. The van der Waals surface area contributed by atoms with Crippen LogP contribution in [0.15, 0.2) is 198 Å². The highest BCUT2D eigenvalue weighted by atomic mass is 31.3. The molecule has 0 aliphatic carbocycles. The second-order valence-corrected chi connectivity index (χ2v) is 42.3. The van der Waals surface area contributed by atoms with Crippen LogP contribution in [0.2, 0.25) is 0 Å². The molecule has 0 aromatic rings. The molecule has 2 rings (SSSR count). The maximum Gasteiger partial charge on any atom is 0.483 e. The van der Waals surface area contributed by atoms with Crippen molar-refractivity contribution in [1.82, 2.24) is 5.32 Å². The Bertz CT molecular complexity index is 4430. The molecule has 2 aliphatic heterocycles. The molecule has 13 atom stereocenters. The summed E-state index contributed by atoms with van der Waals surface area (Å²) in [6, 6.07) is -1.64. The lowest BCUT2D eigenvalue weighted by Crippen LogP contribution is -2.69. The van der Waals surface area contributed by atoms with Crippen LogP contribution in [0, 0.1) is 5.92 Å². The average Bonchev–Trinajstić information content (AvgIpc) is 0.764. The lowest BCUT2D eigenvalue weighted by Gasteiger charge is -2.48. The number of carbonyl (C=O) groups is 6. The Labute approximate surface area is 838 Å². The third-order valence-electron chi connectivity index (χ3n) is 24.7. The van der Waals surface area contributed by atoms with Crippen LogP contribution < -0.4 is 5.32 Å². The van der Waals surface area contributed by atoms with E-state index >= 15 is 4.39 Å². The number of carbonyl (C=O) groups excluding carboxylic acids is 6. The van der Waals surface area contributed by atoms with Gasteiger partial charge in [-0.2, -0.15) is 4.31 Å². The van der Waals surface area contributed by atoms with Gasteiger partial charge < -0.3 is 53.0 Å². The number of alkyl halides is 1. The van der Waals surface area contributed by atoms with E-state index in [1.807, 2.05) is 6.92 Å². The minimum atomic E-state index is -5.86. The normalized spacial score (nSPS) is 21.5. The van der Waals surface area contributed by atoms with Crippen LogP contribution >= 0.6 is 15.6 Å². The fraction of sp³-hybridized carbons (Fsp3) is 0.649. The molecule has 0 aromatic heterocycles. The number of phosphoric ester groups is 2. The summed E-state index contributed by atoms with van der Waals surface area (Å²) in [6.45, 7) is 46.5. The number of ether oxygens (including phenoxy) is 8. The van der Waals surface area contributed by atoms with E-state index in [4.69, 9.17) is 46.9 Å². The van der Waals surface area contributed by atoms with Crippen molar-refractivity contribution >= 4 is 51.4 Å². The van der Waals surface area contributed by atoms with Crippen LogP contribution in [0.1, 0.15) is 398 Å². The van der Waals surface area contributed by atoms with E-state index in [2.05, 4.69) is 238 Å². The van der Waals surface area contributed by atoms with Crippen molar-refractivity contribution in [3.05, 3.63) is 198 Å². The molecule has 2 fully saturated rings. The molecule has 2 unspecified atom stereocenters. The van der Waals surface area contributed by atoms with Gasteiger partial charge in [0.1, 0.15) is 37.6 Å². The van der Waals surface area contributed by atoms with E-state index in [1.165, 1.54) is 108 Å². The number of amides is 1. The molecule has 0 saturated carbocycles. The van der Waals surface area contributed by atoms with Crippen molar-refractivity contribution in [3.63, 3.8) is 0 Å². The van der Waals surface area contributed by atoms with Crippen LogP contribution in [0.4, 0.5) is 4.39 Å². The highest BCUT2D eigenvalue weighted by Crippen LogP contribution is 2.62. The maximum atomic E-state index is 16.8. The van der Waals surface area contributed by atoms with Gasteiger partial charge in [-0.1, -0.05) is 205 Å². The summed E-state index contributed by atoms with van der Waals surface area (Å²) in [5.74, 6) is -5.61. The first-order valence-corrected chi connectivity index (χ1v) is 54.1. The molecule has 2 saturated heterocycles. The van der Waals surface area contributed by atoms with Gasteiger partial charge in [0.05, 0.1) is 6.61 Å². The van der Waals surface area contributed by atoms with Crippen LogP contribution in [0.25, 0.3) is 0 Å². The lowest BCUT2D eigenvalue weighted by atomic mass is 9.95. The van der Waals surface area contributed by atoms with Crippen LogP contribution in [0.5, 0.6) is 0 Å². The third-order valence-corrected chi connectivity index (χ3v) is 27.3.